The van der Waals surface area contributed by atoms with Crippen LogP contribution in [-0.2, 0) is 9.59 Å². The van der Waals surface area contributed by atoms with E-state index < -0.39 is 12.0 Å². The Morgan fingerprint density at radius 3 is 1.82 bits per heavy atom. The van der Waals surface area contributed by atoms with E-state index in [1.165, 1.54) is 25.7 Å². The van der Waals surface area contributed by atoms with Crippen molar-refractivity contribution in [2.24, 2.45) is 0 Å². The van der Waals surface area contributed by atoms with E-state index in [0.717, 1.165) is 25.7 Å². The van der Waals surface area contributed by atoms with Crippen LogP contribution in [-0.4, -0.2) is 28.8 Å². The molecule has 1 atom stereocenters. The summed E-state index contributed by atoms with van der Waals surface area (Å²) < 4.78 is 0. The number of carboxylic acids is 1. The number of aliphatic carboxylic acids is 1. The van der Waals surface area contributed by atoms with Gasteiger partial charge in [0.05, 0.1) is 0 Å². The molecule has 5 heteroatoms. The maximum Gasteiger partial charge on any atom is 0.327 e. The normalized spacial score (nSPS) is 13.2. The van der Waals surface area contributed by atoms with Gasteiger partial charge in [0.15, 0.2) is 0 Å². The van der Waals surface area contributed by atoms with E-state index in [1.807, 2.05) is 0 Å². The van der Waals surface area contributed by atoms with Crippen LogP contribution < -0.4 is 5.32 Å². The molecule has 0 aliphatic rings. The number of carbonyl (C=O) groups is 2. The molecule has 2 N–H and O–H groups in total. The van der Waals surface area contributed by atoms with Crippen LogP contribution in [0.25, 0.3) is 0 Å². The molecule has 0 unspecified atom stereocenters. The molecule has 0 rings (SSSR count). The topological polar surface area (TPSA) is 66.4 Å². The van der Waals surface area contributed by atoms with Gasteiger partial charge in [0, 0.05) is 12.2 Å². The number of rotatable bonds is 17. The molecule has 0 aromatic carbocycles. The van der Waals surface area contributed by atoms with Crippen molar-refractivity contribution in [3.8, 4) is 0 Å². The number of carboxylic acid groups (broad SMARTS) is 1. The zero-order valence-corrected chi connectivity index (χ0v) is 18.1. The van der Waals surface area contributed by atoms with E-state index in [4.69, 9.17) is 5.11 Å². The molecule has 4 nitrogen and oxygen atoms in total. The molecule has 0 fully saturated rings. The van der Waals surface area contributed by atoms with Crippen molar-refractivity contribution in [1.29, 1.82) is 0 Å². The first-order valence-electron chi connectivity index (χ1n) is 10.3. The molecule has 0 saturated heterocycles. The Bertz CT molecular complexity index is 524. The average Bonchev–Trinajstić information content (AvgIpc) is 2.68. The second-order valence-corrected chi connectivity index (χ2v) is 6.99. The number of unbranched alkanes of at least 4 members (excludes halogenated alkanes) is 4. The SMILES string of the molecule is CCCCC/C=C\C/C=C\C/C=C\C/C=C\CCCC(=O)N[C@@H](CS)C(=O)O. The Morgan fingerprint density at radius 1 is 0.857 bits per heavy atom. The summed E-state index contributed by atoms with van der Waals surface area (Å²) in [6, 6.07) is -0.910. The van der Waals surface area contributed by atoms with Crippen LogP contribution in [0.5, 0.6) is 0 Å². The molecule has 1 amide bonds. The van der Waals surface area contributed by atoms with Crippen LogP contribution in [0.4, 0.5) is 0 Å². The van der Waals surface area contributed by atoms with Gasteiger partial charge in [-0.3, -0.25) is 4.79 Å². The Morgan fingerprint density at radius 2 is 1.36 bits per heavy atom. The summed E-state index contributed by atoms with van der Waals surface area (Å²) in [5.41, 5.74) is 0. The Kier molecular flexibility index (Phi) is 18.7. The Labute approximate surface area is 176 Å². The van der Waals surface area contributed by atoms with E-state index in [1.54, 1.807) is 0 Å². The molecule has 0 aliphatic carbocycles. The largest absolute Gasteiger partial charge is 0.480 e. The van der Waals surface area contributed by atoms with E-state index in [0.29, 0.717) is 12.8 Å². The maximum atomic E-state index is 11.6. The second kappa shape index (κ2) is 20.0. The fourth-order valence-corrected chi connectivity index (χ4v) is 2.64. The molecule has 0 bridgehead atoms. The van der Waals surface area contributed by atoms with E-state index in [9.17, 15) is 9.59 Å². The summed E-state index contributed by atoms with van der Waals surface area (Å²) in [5.74, 6) is -1.20. The fraction of sp³-hybridized carbons (Fsp3) is 0.565. The van der Waals surface area contributed by atoms with Crippen LogP contribution >= 0.6 is 12.6 Å². The molecular weight excluding hydrogens is 370 g/mol. The molecule has 158 valence electrons. The Hall–Kier alpha value is -1.75. The van der Waals surface area contributed by atoms with Crippen molar-refractivity contribution < 1.29 is 14.7 Å². The zero-order chi connectivity index (χ0) is 20.9. The highest BCUT2D eigenvalue weighted by Crippen LogP contribution is 2.02. The summed E-state index contributed by atoms with van der Waals surface area (Å²) in [7, 11) is 0. The summed E-state index contributed by atoms with van der Waals surface area (Å²) >= 11 is 3.92. The lowest BCUT2D eigenvalue weighted by atomic mass is 10.2. The lowest BCUT2D eigenvalue weighted by molar-refractivity contribution is -0.141. The van der Waals surface area contributed by atoms with Gasteiger partial charge in [-0.05, 0) is 44.9 Å². The summed E-state index contributed by atoms with van der Waals surface area (Å²) in [6.45, 7) is 2.22. The number of nitrogens with one attached hydrogen (secondary N) is 1. The van der Waals surface area contributed by atoms with E-state index in [-0.39, 0.29) is 11.7 Å². The first kappa shape index (κ1) is 26.2. The molecule has 0 heterocycles. The smallest absolute Gasteiger partial charge is 0.327 e. The summed E-state index contributed by atoms with van der Waals surface area (Å²) in [5, 5.41) is 11.3. The lowest BCUT2D eigenvalue weighted by Gasteiger charge is -2.11. The maximum absolute atomic E-state index is 11.6. The monoisotopic (exact) mass is 407 g/mol. The first-order valence-corrected chi connectivity index (χ1v) is 11.0. The van der Waals surface area contributed by atoms with Crippen LogP contribution in [0.2, 0.25) is 0 Å². The molecular formula is C23H37NO3S. The summed E-state index contributed by atoms with van der Waals surface area (Å²) in [4.78, 5) is 22.4. The molecule has 0 radical (unpaired) electrons. The average molecular weight is 408 g/mol. The standard InChI is InChI=1S/C23H37NO3S/c1-2-3-4-5-6-7-8-9-10-11-12-13-14-15-16-17-18-19-22(25)24-21(20-28)23(26)27/h6-7,9-10,12-13,15-16,21,28H,2-5,8,11,14,17-20H2,1H3,(H,24,25)(H,26,27)/b7-6-,10-9-,13-12-,16-15-/t21-/m0/s1. The minimum Gasteiger partial charge on any atom is -0.480 e. The number of carbonyl (C=O) groups excluding carboxylic acids is 1. The molecule has 0 aliphatic heterocycles. The van der Waals surface area contributed by atoms with E-state index in [2.05, 4.69) is 73.5 Å². The van der Waals surface area contributed by atoms with Crippen LogP contribution in [0.3, 0.4) is 0 Å². The van der Waals surface area contributed by atoms with Gasteiger partial charge in [-0.25, -0.2) is 4.79 Å². The van der Waals surface area contributed by atoms with Crippen molar-refractivity contribution in [3.05, 3.63) is 48.6 Å². The first-order chi connectivity index (χ1) is 13.6. The van der Waals surface area contributed by atoms with Gasteiger partial charge in [-0.2, -0.15) is 12.6 Å². The second-order valence-electron chi connectivity index (χ2n) is 6.62. The van der Waals surface area contributed by atoms with Gasteiger partial charge in [-0.1, -0.05) is 68.4 Å². The third kappa shape index (κ3) is 17.7. The van der Waals surface area contributed by atoms with Gasteiger partial charge in [0.2, 0.25) is 5.91 Å². The van der Waals surface area contributed by atoms with Crippen molar-refractivity contribution in [3.63, 3.8) is 0 Å². The predicted octanol–water partition coefficient (Wildman–Crippen LogP) is 5.63. The van der Waals surface area contributed by atoms with Crippen LogP contribution in [0, 0.1) is 0 Å². The molecule has 0 aromatic rings. The number of amides is 1. The Balaban J connectivity index is 3.62. The lowest BCUT2D eigenvalue weighted by Crippen LogP contribution is -2.41. The summed E-state index contributed by atoms with van der Waals surface area (Å²) in [6.07, 6.45) is 27.1. The molecule has 0 spiro atoms. The predicted molar refractivity (Wildman–Crippen MR) is 122 cm³/mol. The highest BCUT2D eigenvalue weighted by molar-refractivity contribution is 7.80. The highest BCUT2D eigenvalue weighted by Gasteiger charge is 2.17. The van der Waals surface area contributed by atoms with Gasteiger partial charge in [0.25, 0.3) is 0 Å². The van der Waals surface area contributed by atoms with Crippen molar-refractivity contribution in [1.82, 2.24) is 5.32 Å². The van der Waals surface area contributed by atoms with Gasteiger partial charge >= 0.3 is 5.97 Å². The van der Waals surface area contributed by atoms with Crippen LogP contribution in [0.15, 0.2) is 48.6 Å². The fourth-order valence-electron chi connectivity index (χ4n) is 2.39. The zero-order valence-electron chi connectivity index (χ0n) is 17.2. The minimum absolute atomic E-state index is 0.0955. The third-order valence-corrected chi connectivity index (χ3v) is 4.41. The third-order valence-electron chi connectivity index (χ3n) is 4.05. The van der Waals surface area contributed by atoms with Gasteiger partial charge in [0.1, 0.15) is 6.04 Å². The quantitative estimate of drug-likeness (QED) is 0.166. The van der Waals surface area contributed by atoms with E-state index >= 15 is 0 Å². The molecule has 0 saturated carbocycles. The van der Waals surface area contributed by atoms with Gasteiger partial charge < -0.3 is 10.4 Å². The number of allylic oxidation sites excluding steroid dienone is 8. The van der Waals surface area contributed by atoms with Crippen molar-refractivity contribution in [2.75, 3.05) is 5.75 Å². The van der Waals surface area contributed by atoms with Crippen molar-refractivity contribution >= 4 is 24.5 Å². The van der Waals surface area contributed by atoms with Crippen LogP contribution in [0.1, 0.15) is 71.1 Å². The minimum atomic E-state index is -1.05. The highest BCUT2D eigenvalue weighted by atomic mass is 32.1. The van der Waals surface area contributed by atoms with Gasteiger partial charge in [-0.15, -0.1) is 0 Å². The molecule has 0 aromatic heterocycles. The number of thiol groups is 1. The molecule has 28 heavy (non-hydrogen) atoms. The van der Waals surface area contributed by atoms with Crippen molar-refractivity contribution in [2.45, 2.75) is 77.2 Å². The number of hydrogen-bond donors (Lipinski definition) is 3. The number of hydrogen-bond acceptors (Lipinski definition) is 3.